The number of carbonyl (C=O) groups is 1. The van der Waals surface area contributed by atoms with Crippen molar-refractivity contribution in [3.63, 3.8) is 0 Å². The highest BCUT2D eigenvalue weighted by atomic mass is 32.2. The van der Waals surface area contributed by atoms with Gasteiger partial charge in [-0.05, 0) is 39.2 Å². The maximum absolute atomic E-state index is 12.7. The Bertz CT molecular complexity index is 894. The second kappa shape index (κ2) is 7.26. The smallest absolute Gasteiger partial charge is 0.489 e. The van der Waals surface area contributed by atoms with Crippen LogP contribution in [0.25, 0.3) is 0 Å². The van der Waals surface area contributed by atoms with Crippen LogP contribution in [0.3, 0.4) is 0 Å². The first kappa shape index (κ1) is 21.5. The van der Waals surface area contributed by atoms with Gasteiger partial charge in [0.05, 0.1) is 6.61 Å². The summed E-state index contributed by atoms with van der Waals surface area (Å²) in [5.74, 6) is -0.801. The molecule has 0 bridgehead atoms. The topological polar surface area (TPSA) is 82.1 Å². The molecule has 2 aliphatic rings. The van der Waals surface area contributed by atoms with Gasteiger partial charge in [0.25, 0.3) is 0 Å². The molecule has 2 atom stereocenters. The first-order chi connectivity index (χ1) is 13.3. The summed E-state index contributed by atoms with van der Waals surface area (Å²) in [6.07, 6.45) is 0.0736. The monoisotopic (exact) mass is 437 g/mol. The minimum atomic E-state index is -5.83. The Morgan fingerprint density at radius 3 is 2.52 bits per heavy atom. The van der Waals surface area contributed by atoms with Gasteiger partial charge < -0.3 is 18.6 Å². The zero-order valence-corrected chi connectivity index (χ0v) is 17.0. The molecular formula is C18H22F3NO6S. The molecule has 0 aromatic heterocycles. The Hall–Kier alpha value is -2.17. The average Bonchev–Trinajstić information content (AvgIpc) is 2.90. The largest absolute Gasteiger partial charge is 0.534 e. The second-order valence-corrected chi connectivity index (χ2v) is 9.58. The molecular weight excluding hydrogens is 415 g/mol. The Morgan fingerprint density at radius 2 is 1.90 bits per heavy atom. The van der Waals surface area contributed by atoms with Gasteiger partial charge in [0.2, 0.25) is 0 Å². The van der Waals surface area contributed by atoms with Gasteiger partial charge in [0, 0.05) is 24.6 Å². The van der Waals surface area contributed by atoms with E-state index in [1.807, 2.05) is 0 Å². The number of ether oxygens (including phenoxy) is 2. The van der Waals surface area contributed by atoms with E-state index in [-0.39, 0.29) is 30.7 Å². The zero-order valence-electron chi connectivity index (χ0n) is 16.2. The third kappa shape index (κ3) is 4.54. The molecule has 3 rings (SSSR count). The van der Waals surface area contributed by atoms with Crippen LogP contribution in [0.15, 0.2) is 18.2 Å². The number of alkyl halides is 3. The van der Waals surface area contributed by atoms with Crippen LogP contribution in [0.4, 0.5) is 18.0 Å². The van der Waals surface area contributed by atoms with Crippen LogP contribution in [-0.2, 0) is 14.9 Å². The summed E-state index contributed by atoms with van der Waals surface area (Å²) in [6.45, 7) is 6.12. The van der Waals surface area contributed by atoms with Crippen LogP contribution in [0.2, 0.25) is 0 Å². The molecule has 0 radical (unpaired) electrons. The Kier molecular flexibility index (Phi) is 5.39. The van der Waals surface area contributed by atoms with E-state index >= 15 is 0 Å². The number of fused-ring (bicyclic) bond motifs is 3. The molecule has 0 aliphatic carbocycles. The van der Waals surface area contributed by atoms with Crippen molar-refractivity contribution < 1.29 is 40.0 Å². The molecule has 2 aliphatic heterocycles. The van der Waals surface area contributed by atoms with E-state index in [9.17, 15) is 26.4 Å². The van der Waals surface area contributed by atoms with E-state index in [0.29, 0.717) is 18.5 Å². The van der Waals surface area contributed by atoms with Crippen LogP contribution < -0.4 is 8.92 Å². The van der Waals surface area contributed by atoms with Crippen molar-refractivity contribution in [2.45, 2.75) is 44.2 Å². The number of amides is 1. The highest BCUT2D eigenvalue weighted by Crippen LogP contribution is 2.46. The van der Waals surface area contributed by atoms with Gasteiger partial charge in [-0.25, -0.2) is 4.79 Å². The van der Waals surface area contributed by atoms with Crippen LogP contribution in [0.5, 0.6) is 11.5 Å². The lowest BCUT2D eigenvalue weighted by Crippen LogP contribution is -2.35. The molecule has 7 nitrogen and oxygen atoms in total. The van der Waals surface area contributed by atoms with Gasteiger partial charge >= 0.3 is 21.7 Å². The predicted molar refractivity (Wildman–Crippen MR) is 96.2 cm³/mol. The first-order valence-electron chi connectivity index (χ1n) is 9.03. The predicted octanol–water partition coefficient (Wildman–Crippen LogP) is 3.65. The van der Waals surface area contributed by atoms with E-state index < -0.39 is 33.1 Å². The van der Waals surface area contributed by atoms with Crippen LogP contribution in [-0.4, -0.2) is 50.2 Å². The molecule has 162 valence electrons. The third-order valence-electron chi connectivity index (χ3n) is 4.72. The number of nitrogens with zero attached hydrogens (tertiary/aromatic N) is 1. The molecule has 2 heterocycles. The highest BCUT2D eigenvalue weighted by Gasteiger charge is 2.49. The fourth-order valence-electron chi connectivity index (χ4n) is 3.51. The fraction of sp³-hybridized carbons (Fsp3) is 0.611. The van der Waals surface area contributed by atoms with Crippen molar-refractivity contribution in [3.8, 4) is 11.5 Å². The van der Waals surface area contributed by atoms with Crippen molar-refractivity contribution in [2.24, 2.45) is 5.92 Å². The second-order valence-electron chi connectivity index (χ2n) is 8.05. The number of hydrogen-bond donors (Lipinski definition) is 0. The molecule has 11 heteroatoms. The molecule has 0 spiro atoms. The summed E-state index contributed by atoms with van der Waals surface area (Å²) in [7, 11) is -5.83. The standard InChI is InChI=1S/C18H22F3NO6S/c1-17(2,3)27-16(23)22-9-11-7-8-26-15-12(13(11)10-22)5-4-6-14(15)28-29(24,25)18(19,20)21/h4-6,11,13H,7-10H2,1-3H3/t11-,13-/m0/s1. The summed E-state index contributed by atoms with van der Waals surface area (Å²) in [6, 6.07) is 4.16. The summed E-state index contributed by atoms with van der Waals surface area (Å²) in [4.78, 5) is 14.0. The number of rotatable bonds is 2. The number of para-hydroxylation sites is 1. The average molecular weight is 437 g/mol. The van der Waals surface area contributed by atoms with Gasteiger partial charge in [-0.2, -0.15) is 21.6 Å². The van der Waals surface area contributed by atoms with Gasteiger partial charge in [-0.15, -0.1) is 0 Å². The Morgan fingerprint density at radius 1 is 1.21 bits per heavy atom. The van der Waals surface area contributed by atoms with Crippen molar-refractivity contribution >= 4 is 16.2 Å². The normalized spacial score (nSPS) is 22.2. The summed E-state index contributed by atoms with van der Waals surface area (Å²) >= 11 is 0. The maximum Gasteiger partial charge on any atom is 0.534 e. The lowest BCUT2D eigenvalue weighted by molar-refractivity contribution is -0.0500. The van der Waals surface area contributed by atoms with Crippen LogP contribution in [0.1, 0.15) is 38.7 Å². The third-order valence-corrected chi connectivity index (χ3v) is 5.69. The Balaban J connectivity index is 1.89. The zero-order chi connectivity index (χ0) is 21.6. The number of carbonyl (C=O) groups excluding carboxylic acids is 1. The van der Waals surface area contributed by atoms with E-state index in [1.54, 1.807) is 31.7 Å². The number of halogens is 3. The van der Waals surface area contributed by atoms with Crippen LogP contribution in [0, 0.1) is 5.92 Å². The molecule has 1 aromatic rings. The van der Waals surface area contributed by atoms with E-state index in [1.165, 1.54) is 6.07 Å². The molecule has 1 aromatic carbocycles. The minimum absolute atomic E-state index is 0.00163. The van der Waals surface area contributed by atoms with Crippen molar-refractivity contribution in [1.29, 1.82) is 0 Å². The van der Waals surface area contributed by atoms with Crippen molar-refractivity contribution in [1.82, 2.24) is 4.90 Å². The molecule has 0 N–H and O–H groups in total. The first-order valence-corrected chi connectivity index (χ1v) is 10.4. The summed E-state index contributed by atoms with van der Waals surface area (Å²) < 4.78 is 76.3. The molecule has 1 amide bonds. The van der Waals surface area contributed by atoms with Crippen molar-refractivity contribution in [2.75, 3.05) is 19.7 Å². The SMILES string of the molecule is CC(C)(C)OC(=O)N1C[C@@H]2CCOc3c(OS(=O)(=O)C(F)(F)F)cccc3[C@H]2C1. The molecule has 1 saturated heterocycles. The summed E-state index contributed by atoms with van der Waals surface area (Å²) in [5, 5.41) is 0. The highest BCUT2D eigenvalue weighted by molar-refractivity contribution is 7.88. The van der Waals surface area contributed by atoms with Gasteiger partial charge in [-0.3, -0.25) is 0 Å². The van der Waals surface area contributed by atoms with Crippen LogP contribution >= 0.6 is 0 Å². The number of benzene rings is 1. The maximum atomic E-state index is 12.7. The number of likely N-dealkylation sites (tertiary alicyclic amines) is 1. The van der Waals surface area contributed by atoms with Gasteiger partial charge in [0.15, 0.2) is 11.5 Å². The molecule has 0 unspecified atom stereocenters. The Labute approximate surface area is 166 Å². The minimum Gasteiger partial charge on any atom is -0.489 e. The van der Waals surface area contributed by atoms with Gasteiger partial charge in [-0.1, -0.05) is 12.1 Å². The molecule has 29 heavy (non-hydrogen) atoms. The lowest BCUT2D eigenvalue weighted by atomic mass is 9.87. The quantitative estimate of drug-likeness (QED) is 0.519. The van der Waals surface area contributed by atoms with Gasteiger partial charge in [0.1, 0.15) is 5.60 Å². The van der Waals surface area contributed by atoms with E-state index in [0.717, 1.165) is 6.07 Å². The van der Waals surface area contributed by atoms with Crippen molar-refractivity contribution in [3.05, 3.63) is 23.8 Å². The lowest BCUT2D eigenvalue weighted by Gasteiger charge is -2.25. The fourth-order valence-corrected chi connectivity index (χ4v) is 3.98. The molecule has 0 saturated carbocycles. The van der Waals surface area contributed by atoms with E-state index in [4.69, 9.17) is 9.47 Å². The molecule has 1 fully saturated rings. The number of hydrogen-bond acceptors (Lipinski definition) is 6. The van der Waals surface area contributed by atoms with E-state index in [2.05, 4.69) is 4.18 Å². The summed E-state index contributed by atoms with van der Waals surface area (Å²) in [5.41, 5.74) is -5.70.